The maximum Gasteiger partial charge on any atom is 0.387 e. The van der Waals surface area contributed by atoms with Gasteiger partial charge in [0.15, 0.2) is 0 Å². The topological polar surface area (TPSA) is 59.3 Å². The Morgan fingerprint density at radius 2 is 2.21 bits per heavy atom. The van der Waals surface area contributed by atoms with Crippen molar-refractivity contribution in [1.82, 2.24) is 0 Å². The molecular formula is C12H11F2NO3S. The molecule has 0 aliphatic rings. The Kier molecular flexibility index (Phi) is 5.57. The maximum atomic E-state index is 12.1. The number of hydrogen-bond acceptors (Lipinski definition) is 5. The van der Waals surface area contributed by atoms with Crippen LogP contribution in [-0.4, -0.2) is 19.2 Å². The van der Waals surface area contributed by atoms with E-state index in [4.69, 9.17) is 10.00 Å². The van der Waals surface area contributed by atoms with Crippen LogP contribution in [0.2, 0.25) is 0 Å². The summed E-state index contributed by atoms with van der Waals surface area (Å²) >= 11 is 4.07. The Hall–Kier alpha value is -1.81. The molecule has 0 bridgehead atoms. The molecule has 4 nitrogen and oxygen atoms in total. The van der Waals surface area contributed by atoms with Crippen molar-refractivity contribution >= 4 is 18.6 Å². The van der Waals surface area contributed by atoms with Crippen LogP contribution in [0.5, 0.6) is 5.75 Å². The zero-order valence-corrected chi connectivity index (χ0v) is 10.9. The number of carbonyl (C=O) groups is 1. The van der Waals surface area contributed by atoms with Crippen LogP contribution in [0.15, 0.2) is 17.0 Å². The smallest absolute Gasteiger partial charge is 0.387 e. The highest BCUT2D eigenvalue weighted by Gasteiger charge is 2.15. The van der Waals surface area contributed by atoms with Gasteiger partial charge in [-0.25, -0.2) is 0 Å². The molecule has 1 aromatic rings. The van der Waals surface area contributed by atoms with E-state index in [1.165, 1.54) is 6.07 Å². The van der Waals surface area contributed by atoms with Gasteiger partial charge in [0, 0.05) is 4.90 Å². The second kappa shape index (κ2) is 6.95. The minimum Gasteiger partial charge on any atom is -0.466 e. The van der Waals surface area contributed by atoms with Crippen molar-refractivity contribution in [3.63, 3.8) is 0 Å². The summed E-state index contributed by atoms with van der Waals surface area (Å²) in [7, 11) is 0. The van der Waals surface area contributed by atoms with Crippen LogP contribution in [0.3, 0.4) is 0 Å². The molecule has 1 aromatic carbocycles. The molecule has 19 heavy (non-hydrogen) atoms. The normalized spacial score (nSPS) is 10.1. The first kappa shape index (κ1) is 15.2. The fraction of sp³-hybridized carbons (Fsp3) is 0.333. The molecule has 0 atom stereocenters. The van der Waals surface area contributed by atoms with E-state index in [1.807, 2.05) is 6.07 Å². The van der Waals surface area contributed by atoms with E-state index < -0.39 is 12.6 Å². The lowest BCUT2D eigenvalue weighted by Gasteiger charge is -2.10. The van der Waals surface area contributed by atoms with Crippen LogP contribution in [0.1, 0.15) is 18.1 Å². The average Bonchev–Trinajstić information content (AvgIpc) is 2.31. The number of esters is 1. The number of thiol groups is 1. The van der Waals surface area contributed by atoms with E-state index in [0.29, 0.717) is 5.56 Å². The van der Waals surface area contributed by atoms with Crippen LogP contribution in [0, 0.1) is 11.3 Å². The van der Waals surface area contributed by atoms with E-state index >= 15 is 0 Å². The Bertz CT molecular complexity index is 514. The van der Waals surface area contributed by atoms with Crippen LogP contribution in [0.4, 0.5) is 8.78 Å². The standard InChI is InChI=1S/C12H11F2NO3S/c1-2-17-11(16)5-9-7(6-15)3-8(4-10(9)19)18-12(13)14/h3-4,12,19H,2,5H2,1H3. The van der Waals surface area contributed by atoms with Gasteiger partial charge in [-0.3, -0.25) is 4.79 Å². The van der Waals surface area contributed by atoms with Gasteiger partial charge in [0.05, 0.1) is 24.7 Å². The van der Waals surface area contributed by atoms with E-state index in [1.54, 1.807) is 6.92 Å². The average molecular weight is 287 g/mol. The summed E-state index contributed by atoms with van der Waals surface area (Å²) in [6.45, 7) is -1.12. The number of nitrogens with zero attached hydrogens (tertiary/aromatic N) is 1. The molecule has 0 saturated carbocycles. The first-order valence-electron chi connectivity index (χ1n) is 5.34. The maximum absolute atomic E-state index is 12.1. The highest BCUT2D eigenvalue weighted by Crippen LogP contribution is 2.27. The van der Waals surface area contributed by atoms with E-state index in [0.717, 1.165) is 6.07 Å². The van der Waals surface area contributed by atoms with Gasteiger partial charge in [0.25, 0.3) is 0 Å². The minimum absolute atomic E-state index is 0.0520. The van der Waals surface area contributed by atoms with E-state index in [9.17, 15) is 13.6 Å². The van der Waals surface area contributed by atoms with E-state index in [2.05, 4.69) is 17.4 Å². The molecule has 0 aliphatic carbocycles. The van der Waals surface area contributed by atoms with Crippen molar-refractivity contribution in [3.8, 4) is 11.8 Å². The van der Waals surface area contributed by atoms with Gasteiger partial charge >= 0.3 is 12.6 Å². The number of hydrogen-bond donors (Lipinski definition) is 1. The van der Waals surface area contributed by atoms with Gasteiger partial charge in [-0.2, -0.15) is 14.0 Å². The summed E-state index contributed by atoms with van der Waals surface area (Å²) in [6, 6.07) is 4.18. The van der Waals surface area contributed by atoms with Gasteiger partial charge in [-0.15, -0.1) is 12.6 Å². The molecule has 0 radical (unpaired) electrons. The second-order valence-corrected chi connectivity index (χ2v) is 3.92. The number of carbonyl (C=O) groups excluding carboxylic acids is 1. The molecule has 0 aromatic heterocycles. The molecular weight excluding hydrogens is 276 g/mol. The highest BCUT2D eigenvalue weighted by molar-refractivity contribution is 7.80. The van der Waals surface area contributed by atoms with Crippen molar-refractivity contribution in [2.75, 3.05) is 6.61 Å². The van der Waals surface area contributed by atoms with Crippen molar-refractivity contribution in [1.29, 1.82) is 5.26 Å². The molecule has 0 N–H and O–H groups in total. The monoisotopic (exact) mass is 287 g/mol. The van der Waals surface area contributed by atoms with Crippen molar-refractivity contribution in [3.05, 3.63) is 23.3 Å². The number of ether oxygens (including phenoxy) is 2. The second-order valence-electron chi connectivity index (χ2n) is 3.44. The predicted octanol–water partition coefficient (Wildman–Crippen LogP) is 2.55. The fourth-order valence-electron chi connectivity index (χ4n) is 1.44. The first-order chi connectivity index (χ1) is 8.97. The zero-order valence-electron chi connectivity index (χ0n) is 10.0. The van der Waals surface area contributed by atoms with Crippen LogP contribution < -0.4 is 4.74 Å². The number of nitriles is 1. The summed E-state index contributed by atoms with van der Waals surface area (Å²) in [5.74, 6) is -0.694. The Labute approximate surface area is 114 Å². The number of alkyl halides is 2. The molecule has 0 amide bonds. The SMILES string of the molecule is CCOC(=O)Cc1c(S)cc(OC(F)F)cc1C#N. The lowest BCUT2D eigenvalue weighted by Crippen LogP contribution is -2.10. The third kappa shape index (κ3) is 4.41. The van der Waals surface area contributed by atoms with Gasteiger partial charge in [-0.1, -0.05) is 0 Å². The summed E-state index contributed by atoms with van der Waals surface area (Å²) in [5.41, 5.74) is 0.377. The number of benzene rings is 1. The van der Waals surface area contributed by atoms with Gasteiger partial charge in [0.1, 0.15) is 5.75 Å². The Morgan fingerprint density at radius 1 is 1.53 bits per heavy atom. The largest absolute Gasteiger partial charge is 0.466 e. The van der Waals surface area contributed by atoms with Gasteiger partial charge in [0.2, 0.25) is 0 Å². The van der Waals surface area contributed by atoms with Crippen molar-refractivity contribution in [2.45, 2.75) is 24.9 Å². The van der Waals surface area contributed by atoms with Gasteiger partial charge in [-0.05, 0) is 24.6 Å². The van der Waals surface area contributed by atoms with E-state index in [-0.39, 0.29) is 29.2 Å². The molecule has 0 aliphatic heterocycles. The summed E-state index contributed by atoms with van der Waals surface area (Å²) in [6.07, 6.45) is -0.148. The molecule has 1 rings (SSSR count). The van der Waals surface area contributed by atoms with Crippen LogP contribution >= 0.6 is 12.6 Å². The lowest BCUT2D eigenvalue weighted by molar-refractivity contribution is -0.142. The number of halogens is 2. The van der Waals surface area contributed by atoms with Gasteiger partial charge < -0.3 is 9.47 Å². The molecule has 0 heterocycles. The first-order valence-corrected chi connectivity index (χ1v) is 5.79. The Balaban J connectivity index is 3.05. The third-order valence-corrected chi connectivity index (χ3v) is 2.57. The zero-order chi connectivity index (χ0) is 14.4. The summed E-state index contributed by atoms with van der Waals surface area (Å²) in [4.78, 5) is 11.6. The molecule has 0 unspecified atom stereocenters. The Morgan fingerprint density at radius 3 is 2.74 bits per heavy atom. The third-order valence-electron chi connectivity index (χ3n) is 2.17. The molecule has 7 heteroatoms. The number of rotatable bonds is 5. The fourth-order valence-corrected chi connectivity index (χ4v) is 1.77. The van der Waals surface area contributed by atoms with Crippen LogP contribution in [-0.2, 0) is 16.0 Å². The predicted molar refractivity (Wildman–Crippen MR) is 65.4 cm³/mol. The quantitative estimate of drug-likeness (QED) is 0.668. The summed E-state index contributed by atoms with van der Waals surface area (Å²) in [5, 5.41) is 8.97. The highest BCUT2D eigenvalue weighted by atomic mass is 32.1. The molecule has 0 spiro atoms. The van der Waals surface area contributed by atoms with Crippen molar-refractivity contribution < 1.29 is 23.0 Å². The van der Waals surface area contributed by atoms with Crippen molar-refractivity contribution in [2.24, 2.45) is 0 Å². The summed E-state index contributed by atoms with van der Waals surface area (Å²) < 4.78 is 33.1. The molecule has 102 valence electrons. The lowest BCUT2D eigenvalue weighted by atomic mass is 10.0. The molecule has 0 saturated heterocycles. The molecule has 0 fully saturated rings. The minimum atomic E-state index is -2.99. The van der Waals surface area contributed by atoms with Crippen LogP contribution in [0.25, 0.3) is 0 Å².